The van der Waals surface area contributed by atoms with E-state index >= 15 is 0 Å². The fraction of sp³-hybridized carbons (Fsp3) is 0.696. The van der Waals surface area contributed by atoms with Crippen molar-refractivity contribution in [3.63, 3.8) is 0 Å². The molecule has 1 aromatic rings. The number of ether oxygens (including phenoxy) is 2. The first-order valence-electron chi connectivity index (χ1n) is 11.4. The zero-order valence-electron chi connectivity index (χ0n) is 19.7. The molecular formula is C23H39FIN5O2. The quantitative estimate of drug-likeness (QED) is 0.216. The number of halogens is 2. The number of nitrogens with zero attached hydrogens (tertiary/aromatic N) is 4. The highest BCUT2D eigenvalue weighted by Gasteiger charge is 2.25. The van der Waals surface area contributed by atoms with Gasteiger partial charge in [0.1, 0.15) is 5.82 Å². The van der Waals surface area contributed by atoms with E-state index in [4.69, 9.17) is 9.47 Å². The van der Waals surface area contributed by atoms with Crippen molar-refractivity contribution < 1.29 is 13.9 Å². The van der Waals surface area contributed by atoms with Gasteiger partial charge in [-0.15, -0.1) is 24.0 Å². The first kappa shape index (κ1) is 27.1. The third kappa shape index (κ3) is 7.71. The van der Waals surface area contributed by atoms with Crippen molar-refractivity contribution in [2.75, 3.05) is 84.7 Å². The van der Waals surface area contributed by atoms with Crippen LogP contribution in [0.1, 0.15) is 18.9 Å². The summed E-state index contributed by atoms with van der Waals surface area (Å²) in [5.74, 6) is 1.22. The number of nitrogens with one attached hydrogen (secondary N) is 1. The Labute approximate surface area is 209 Å². The Hall–Kier alpha value is -1.17. The summed E-state index contributed by atoms with van der Waals surface area (Å²) in [6.07, 6.45) is 1.09. The van der Waals surface area contributed by atoms with Crippen molar-refractivity contribution in [3.05, 3.63) is 29.6 Å². The molecule has 0 amide bonds. The summed E-state index contributed by atoms with van der Waals surface area (Å²) in [5.41, 5.74) is 1.63. The minimum absolute atomic E-state index is 0. The van der Waals surface area contributed by atoms with Gasteiger partial charge in [-0.25, -0.2) is 4.39 Å². The van der Waals surface area contributed by atoms with Gasteiger partial charge < -0.3 is 29.5 Å². The molecule has 182 valence electrons. The average Bonchev–Trinajstić information content (AvgIpc) is 3.26. The molecule has 0 radical (unpaired) electrons. The maximum absolute atomic E-state index is 14.8. The average molecular weight is 564 g/mol. The Bertz CT molecular complexity index is 716. The third-order valence-corrected chi connectivity index (χ3v) is 6.21. The lowest BCUT2D eigenvalue weighted by Gasteiger charge is -2.35. The van der Waals surface area contributed by atoms with E-state index in [2.05, 4.69) is 31.9 Å². The summed E-state index contributed by atoms with van der Waals surface area (Å²) in [6.45, 7) is 11.4. The van der Waals surface area contributed by atoms with Crippen molar-refractivity contribution >= 4 is 35.6 Å². The van der Waals surface area contributed by atoms with Crippen molar-refractivity contribution in [1.82, 2.24) is 15.1 Å². The van der Waals surface area contributed by atoms with Gasteiger partial charge in [-0.3, -0.25) is 4.99 Å². The third-order valence-electron chi connectivity index (χ3n) is 6.21. The largest absolute Gasteiger partial charge is 0.382 e. The summed E-state index contributed by atoms with van der Waals surface area (Å²) in [4.78, 5) is 11.2. The number of anilines is 1. The molecule has 32 heavy (non-hydrogen) atoms. The molecule has 2 saturated heterocycles. The van der Waals surface area contributed by atoms with E-state index in [1.165, 1.54) is 0 Å². The number of piperazine rings is 1. The predicted octanol–water partition coefficient (Wildman–Crippen LogP) is 2.65. The zero-order chi connectivity index (χ0) is 22.1. The second kappa shape index (κ2) is 14.2. The molecule has 0 spiro atoms. The fourth-order valence-corrected chi connectivity index (χ4v) is 4.29. The van der Waals surface area contributed by atoms with Crippen LogP contribution in [-0.2, 0) is 16.0 Å². The highest BCUT2D eigenvalue weighted by Crippen LogP contribution is 2.22. The van der Waals surface area contributed by atoms with Crippen molar-refractivity contribution in [2.24, 2.45) is 10.9 Å². The van der Waals surface area contributed by atoms with Crippen LogP contribution in [0.4, 0.5) is 10.1 Å². The molecule has 1 aromatic carbocycles. The van der Waals surface area contributed by atoms with Crippen LogP contribution in [-0.4, -0.2) is 95.6 Å². The number of guanidine groups is 1. The Morgan fingerprint density at radius 1 is 1.19 bits per heavy atom. The molecule has 9 heteroatoms. The van der Waals surface area contributed by atoms with E-state index < -0.39 is 0 Å². The number of rotatable bonds is 9. The van der Waals surface area contributed by atoms with Gasteiger partial charge in [-0.1, -0.05) is 13.0 Å². The van der Waals surface area contributed by atoms with Gasteiger partial charge in [0, 0.05) is 65.9 Å². The first-order valence-corrected chi connectivity index (χ1v) is 11.4. The molecule has 0 aliphatic carbocycles. The summed E-state index contributed by atoms with van der Waals surface area (Å²) in [7, 11) is 3.48. The summed E-state index contributed by atoms with van der Waals surface area (Å²) in [6, 6.07) is 5.58. The number of hydrogen-bond donors (Lipinski definition) is 1. The van der Waals surface area contributed by atoms with Gasteiger partial charge in [0.05, 0.1) is 25.5 Å². The van der Waals surface area contributed by atoms with Crippen LogP contribution < -0.4 is 10.2 Å². The number of aliphatic imine (C=N–C) groups is 1. The van der Waals surface area contributed by atoms with Gasteiger partial charge in [0.25, 0.3) is 0 Å². The van der Waals surface area contributed by atoms with Gasteiger partial charge >= 0.3 is 0 Å². The molecule has 1 atom stereocenters. The van der Waals surface area contributed by atoms with Crippen molar-refractivity contribution in [3.8, 4) is 0 Å². The SMILES string of the molecule is CCN1CCN(c2ccc(CNC(=NC)N3CCC(COCCOC)C3)cc2F)CC1.I. The van der Waals surface area contributed by atoms with E-state index in [-0.39, 0.29) is 29.8 Å². The topological polar surface area (TPSA) is 52.6 Å². The minimum atomic E-state index is -0.145. The second-order valence-corrected chi connectivity index (χ2v) is 8.28. The number of hydrogen-bond acceptors (Lipinski definition) is 5. The smallest absolute Gasteiger partial charge is 0.193 e. The van der Waals surface area contributed by atoms with E-state index in [1.54, 1.807) is 20.2 Å². The second-order valence-electron chi connectivity index (χ2n) is 8.28. The maximum Gasteiger partial charge on any atom is 0.193 e. The van der Waals surface area contributed by atoms with E-state index in [0.717, 1.165) is 70.4 Å². The Morgan fingerprint density at radius 2 is 1.97 bits per heavy atom. The van der Waals surface area contributed by atoms with E-state index in [9.17, 15) is 4.39 Å². The van der Waals surface area contributed by atoms with E-state index in [1.807, 2.05) is 12.1 Å². The van der Waals surface area contributed by atoms with Gasteiger partial charge in [-0.2, -0.15) is 0 Å². The van der Waals surface area contributed by atoms with Crippen LogP contribution in [0.25, 0.3) is 0 Å². The van der Waals surface area contributed by atoms with Crippen LogP contribution in [0.3, 0.4) is 0 Å². The molecule has 0 saturated carbocycles. The Balaban J connectivity index is 0.00000363. The molecule has 7 nitrogen and oxygen atoms in total. The van der Waals surface area contributed by atoms with Gasteiger partial charge in [0.2, 0.25) is 0 Å². The summed E-state index contributed by atoms with van der Waals surface area (Å²) in [5, 5.41) is 3.39. The molecule has 2 aliphatic heterocycles. The molecule has 0 aromatic heterocycles. The highest BCUT2D eigenvalue weighted by atomic mass is 127. The maximum atomic E-state index is 14.8. The van der Waals surface area contributed by atoms with Crippen LogP contribution in [0.15, 0.2) is 23.2 Å². The first-order chi connectivity index (χ1) is 15.1. The zero-order valence-corrected chi connectivity index (χ0v) is 22.0. The monoisotopic (exact) mass is 563 g/mol. The number of methoxy groups -OCH3 is 1. The standard InChI is InChI=1S/C23H38FN5O2.HI/c1-4-27-9-11-28(12-10-27)22-6-5-19(15-21(22)24)16-26-23(25-2)29-8-7-20(17-29)18-31-14-13-30-3;/h5-6,15,20H,4,7-14,16-18H2,1-3H3,(H,25,26);1H. The molecule has 3 rings (SSSR count). The number of benzene rings is 1. The highest BCUT2D eigenvalue weighted by molar-refractivity contribution is 14.0. The Kier molecular flexibility index (Phi) is 12.0. The lowest BCUT2D eigenvalue weighted by molar-refractivity contribution is 0.0536. The van der Waals surface area contributed by atoms with Crippen LogP contribution in [0.2, 0.25) is 0 Å². The summed E-state index contributed by atoms with van der Waals surface area (Å²) < 4.78 is 25.5. The number of likely N-dealkylation sites (tertiary alicyclic amines) is 1. The van der Waals surface area contributed by atoms with Crippen molar-refractivity contribution in [2.45, 2.75) is 19.9 Å². The van der Waals surface area contributed by atoms with E-state index in [0.29, 0.717) is 31.4 Å². The minimum Gasteiger partial charge on any atom is -0.382 e. The molecule has 2 fully saturated rings. The normalized spacial score (nSPS) is 19.9. The molecule has 2 heterocycles. The fourth-order valence-electron chi connectivity index (χ4n) is 4.29. The van der Waals surface area contributed by atoms with Gasteiger partial charge in [-0.05, 0) is 30.7 Å². The summed E-state index contributed by atoms with van der Waals surface area (Å²) >= 11 is 0. The lowest BCUT2D eigenvalue weighted by Crippen LogP contribution is -2.46. The van der Waals surface area contributed by atoms with Crippen LogP contribution in [0.5, 0.6) is 0 Å². The van der Waals surface area contributed by atoms with Crippen LogP contribution in [0, 0.1) is 11.7 Å². The molecule has 1 N–H and O–H groups in total. The molecule has 2 aliphatic rings. The molecule has 1 unspecified atom stereocenters. The molecule has 0 bridgehead atoms. The van der Waals surface area contributed by atoms with Crippen molar-refractivity contribution in [1.29, 1.82) is 0 Å². The number of likely N-dealkylation sites (N-methyl/N-ethyl adjacent to an activating group) is 1. The Morgan fingerprint density at radius 3 is 2.62 bits per heavy atom. The lowest BCUT2D eigenvalue weighted by atomic mass is 10.1. The molecular weight excluding hydrogens is 524 g/mol. The van der Waals surface area contributed by atoms with Crippen LogP contribution >= 0.6 is 24.0 Å². The van der Waals surface area contributed by atoms with Gasteiger partial charge in [0.15, 0.2) is 5.96 Å². The predicted molar refractivity (Wildman–Crippen MR) is 139 cm³/mol.